The van der Waals surface area contributed by atoms with Crippen LogP contribution >= 0.6 is 0 Å². The van der Waals surface area contributed by atoms with E-state index in [0.29, 0.717) is 18.9 Å². The van der Waals surface area contributed by atoms with Crippen molar-refractivity contribution in [1.82, 2.24) is 5.32 Å². The number of rotatable bonds is 8. The third kappa shape index (κ3) is 5.76. The van der Waals surface area contributed by atoms with Gasteiger partial charge in [0.1, 0.15) is 11.8 Å². The van der Waals surface area contributed by atoms with E-state index < -0.39 is 12.0 Å². The van der Waals surface area contributed by atoms with Crippen LogP contribution in [-0.4, -0.2) is 29.8 Å². The van der Waals surface area contributed by atoms with Crippen LogP contribution in [0.4, 0.5) is 0 Å². The molecule has 21 heavy (non-hydrogen) atoms. The molecule has 1 unspecified atom stereocenters. The molecule has 1 rings (SSSR count). The Morgan fingerprint density at radius 1 is 1.29 bits per heavy atom. The predicted molar refractivity (Wildman–Crippen MR) is 85.1 cm³/mol. The topological polar surface area (TPSA) is 58.6 Å². The van der Waals surface area contributed by atoms with Gasteiger partial charge in [-0.25, -0.2) is 0 Å². The van der Waals surface area contributed by atoms with E-state index in [1.165, 1.54) is 0 Å². The van der Waals surface area contributed by atoms with E-state index >= 15 is 0 Å². The highest BCUT2D eigenvalue weighted by molar-refractivity contribution is 5.73. The molecular weight excluding hydrogens is 266 g/mol. The lowest BCUT2D eigenvalue weighted by atomic mass is 10.0. The summed E-state index contributed by atoms with van der Waals surface area (Å²) in [6, 6.07) is 5.73. The summed E-state index contributed by atoms with van der Waals surface area (Å²) < 4.78 is 5.84. The highest BCUT2D eigenvalue weighted by Crippen LogP contribution is 2.27. The number of aryl methyl sites for hydroxylation is 1. The number of carbonyl (C=O) groups is 1. The number of aliphatic carboxylic acids is 1. The van der Waals surface area contributed by atoms with Crippen LogP contribution in [0.25, 0.3) is 0 Å². The van der Waals surface area contributed by atoms with Crippen molar-refractivity contribution in [3.63, 3.8) is 0 Å². The standard InChI is InChI=1S/C17H27NO3/c1-11(2)14-7-6-13(5)10-16(14)21-9-8-15(17(19)20)18-12(3)4/h6-7,10-12,15,18H,8-9H2,1-5H3,(H,19,20). The first-order chi connectivity index (χ1) is 9.81. The molecule has 0 fully saturated rings. The van der Waals surface area contributed by atoms with Gasteiger partial charge in [-0.05, 0) is 30.0 Å². The summed E-state index contributed by atoms with van der Waals surface area (Å²) in [5.41, 5.74) is 2.30. The molecule has 1 aromatic rings. The Kier molecular flexibility index (Phi) is 6.69. The summed E-state index contributed by atoms with van der Waals surface area (Å²) in [7, 11) is 0. The van der Waals surface area contributed by atoms with Crippen molar-refractivity contribution in [3.05, 3.63) is 29.3 Å². The SMILES string of the molecule is Cc1ccc(C(C)C)c(OCCC(NC(C)C)C(=O)O)c1. The molecule has 0 aliphatic heterocycles. The molecule has 0 aliphatic carbocycles. The second-order valence-corrected chi connectivity index (χ2v) is 6.05. The largest absolute Gasteiger partial charge is 0.493 e. The second-order valence-electron chi connectivity index (χ2n) is 6.05. The van der Waals surface area contributed by atoms with Crippen molar-refractivity contribution in [3.8, 4) is 5.75 Å². The maximum absolute atomic E-state index is 11.2. The Hall–Kier alpha value is -1.55. The quantitative estimate of drug-likeness (QED) is 0.772. The Labute approximate surface area is 127 Å². The molecule has 4 heteroatoms. The number of carboxylic acids is 1. The first-order valence-corrected chi connectivity index (χ1v) is 7.53. The van der Waals surface area contributed by atoms with Gasteiger partial charge in [-0.3, -0.25) is 4.79 Å². The summed E-state index contributed by atoms with van der Waals surface area (Å²) in [4.78, 5) is 11.2. The van der Waals surface area contributed by atoms with Crippen molar-refractivity contribution in [1.29, 1.82) is 0 Å². The smallest absolute Gasteiger partial charge is 0.320 e. The number of benzene rings is 1. The predicted octanol–water partition coefficient (Wildman–Crippen LogP) is 3.34. The van der Waals surface area contributed by atoms with Gasteiger partial charge in [0.15, 0.2) is 0 Å². The molecule has 0 radical (unpaired) electrons. The molecule has 0 bridgehead atoms. The number of ether oxygens (including phenoxy) is 1. The van der Waals surface area contributed by atoms with E-state index in [1.807, 2.05) is 26.8 Å². The molecule has 4 nitrogen and oxygen atoms in total. The molecule has 0 aromatic heterocycles. The Balaban J connectivity index is 2.66. The average molecular weight is 293 g/mol. The van der Waals surface area contributed by atoms with Gasteiger partial charge < -0.3 is 15.2 Å². The lowest BCUT2D eigenvalue weighted by Crippen LogP contribution is -2.41. The summed E-state index contributed by atoms with van der Waals surface area (Å²) in [5.74, 6) is 0.406. The zero-order valence-corrected chi connectivity index (χ0v) is 13.6. The van der Waals surface area contributed by atoms with Gasteiger partial charge in [0.2, 0.25) is 0 Å². The summed E-state index contributed by atoms with van der Waals surface area (Å²) in [6.45, 7) is 10.5. The van der Waals surface area contributed by atoms with E-state index in [4.69, 9.17) is 4.74 Å². The summed E-state index contributed by atoms with van der Waals surface area (Å²) in [5, 5.41) is 12.2. The molecule has 1 aromatic carbocycles. The molecule has 0 aliphatic rings. The molecule has 118 valence electrons. The minimum absolute atomic E-state index is 0.135. The maximum Gasteiger partial charge on any atom is 0.320 e. The van der Waals surface area contributed by atoms with E-state index in [-0.39, 0.29) is 6.04 Å². The zero-order valence-electron chi connectivity index (χ0n) is 13.6. The second kappa shape index (κ2) is 8.03. The third-order valence-corrected chi connectivity index (χ3v) is 3.29. The van der Waals surface area contributed by atoms with Crippen molar-refractivity contribution in [2.24, 2.45) is 0 Å². The van der Waals surface area contributed by atoms with Crippen LogP contribution in [0.5, 0.6) is 5.75 Å². The van der Waals surface area contributed by atoms with E-state index in [0.717, 1.165) is 16.9 Å². The molecule has 0 saturated heterocycles. The Morgan fingerprint density at radius 2 is 1.95 bits per heavy atom. The number of hydrogen-bond acceptors (Lipinski definition) is 3. The highest BCUT2D eigenvalue weighted by atomic mass is 16.5. The van der Waals surface area contributed by atoms with Gasteiger partial charge in [-0.1, -0.05) is 39.8 Å². The number of carboxylic acid groups (broad SMARTS) is 1. The van der Waals surface area contributed by atoms with Crippen LogP contribution in [0.2, 0.25) is 0 Å². The van der Waals surface area contributed by atoms with Gasteiger partial charge in [-0.15, -0.1) is 0 Å². The molecule has 2 N–H and O–H groups in total. The molecule has 0 amide bonds. The lowest BCUT2D eigenvalue weighted by molar-refractivity contribution is -0.140. The highest BCUT2D eigenvalue weighted by Gasteiger charge is 2.18. The van der Waals surface area contributed by atoms with Crippen molar-refractivity contribution in [2.75, 3.05) is 6.61 Å². The fourth-order valence-corrected chi connectivity index (χ4v) is 2.21. The average Bonchev–Trinajstić information content (AvgIpc) is 2.36. The minimum Gasteiger partial charge on any atom is -0.493 e. The first kappa shape index (κ1) is 17.5. The monoisotopic (exact) mass is 293 g/mol. The van der Waals surface area contributed by atoms with Crippen LogP contribution in [-0.2, 0) is 4.79 Å². The van der Waals surface area contributed by atoms with Gasteiger partial charge in [-0.2, -0.15) is 0 Å². The lowest BCUT2D eigenvalue weighted by Gasteiger charge is -2.19. The molecule has 0 saturated carbocycles. The normalized spacial score (nSPS) is 12.7. The summed E-state index contributed by atoms with van der Waals surface area (Å²) in [6.07, 6.45) is 0.443. The van der Waals surface area contributed by atoms with Gasteiger partial charge in [0.25, 0.3) is 0 Å². The fraction of sp³-hybridized carbons (Fsp3) is 0.588. The van der Waals surface area contributed by atoms with Crippen molar-refractivity contribution >= 4 is 5.97 Å². The van der Waals surface area contributed by atoms with Crippen LogP contribution in [0.1, 0.15) is 51.2 Å². The minimum atomic E-state index is -0.833. The van der Waals surface area contributed by atoms with Crippen molar-refractivity contribution < 1.29 is 14.6 Å². The van der Waals surface area contributed by atoms with Gasteiger partial charge in [0, 0.05) is 12.5 Å². The first-order valence-electron chi connectivity index (χ1n) is 7.53. The van der Waals surface area contributed by atoms with E-state index in [2.05, 4.69) is 31.3 Å². The maximum atomic E-state index is 11.2. The Morgan fingerprint density at radius 3 is 2.48 bits per heavy atom. The summed E-state index contributed by atoms with van der Waals surface area (Å²) >= 11 is 0. The van der Waals surface area contributed by atoms with Gasteiger partial charge in [0.05, 0.1) is 6.61 Å². The van der Waals surface area contributed by atoms with E-state index in [1.54, 1.807) is 0 Å². The number of nitrogens with one attached hydrogen (secondary N) is 1. The fourth-order valence-electron chi connectivity index (χ4n) is 2.21. The van der Waals surface area contributed by atoms with Gasteiger partial charge >= 0.3 is 5.97 Å². The van der Waals surface area contributed by atoms with E-state index in [9.17, 15) is 9.90 Å². The van der Waals surface area contributed by atoms with Crippen LogP contribution in [0.3, 0.4) is 0 Å². The van der Waals surface area contributed by atoms with Crippen molar-refractivity contribution in [2.45, 2.75) is 59.0 Å². The molecule has 1 atom stereocenters. The molecular formula is C17H27NO3. The van der Waals surface area contributed by atoms with Crippen LogP contribution in [0, 0.1) is 6.92 Å². The molecule has 0 heterocycles. The third-order valence-electron chi connectivity index (χ3n) is 3.29. The Bertz CT molecular complexity index is 469. The van der Waals surface area contributed by atoms with Crippen LogP contribution < -0.4 is 10.1 Å². The van der Waals surface area contributed by atoms with Crippen LogP contribution in [0.15, 0.2) is 18.2 Å². The zero-order chi connectivity index (χ0) is 16.0. The molecule has 0 spiro atoms. The number of hydrogen-bond donors (Lipinski definition) is 2.